The summed E-state index contributed by atoms with van der Waals surface area (Å²) < 4.78 is 12.0. The fraction of sp³-hybridized carbons (Fsp3) is 0.0435. The van der Waals surface area contributed by atoms with E-state index in [1.807, 2.05) is 54.6 Å². The molecule has 0 saturated carbocycles. The zero-order chi connectivity index (χ0) is 20.2. The number of carbonyl (C=O) groups is 1. The Kier molecular flexibility index (Phi) is 5.44. The Labute approximate surface area is 175 Å². The molecule has 0 spiro atoms. The number of benzene rings is 3. The molecule has 0 fully saturated rings. The standard InChI is InChI=1S/C23H17BrN2O3/c1-2-11-28-21-9-7-15(12-19(21)24)14-25-26-23(27)22-13-18-17-6-4-3-5-16(17)8-10-20(18)29-22/h2-10,12-14H,1,11H2,(H,26,27)/b25-14+. The smallest absolute Gasteiger partial charge is 0.307 e. The molecule has 4 rings (SSSR count). The molecular formula is C23H17BrN2O3. The van der Waals surface area contributed by atoms with E-state index in [1.54, 1.807) is 18.4 Å². The van der Waals surface area contributed by atoms with E-state index in [0.29, 0.717) is 17.9 Å². The van der Waals surface area contributed by atoms with Gasteiger partial charge in [0.05, 0.1) is 10.7 Å². The van der Waals surface area contributed by atoms with Crippen LogP contribution in [0.3, 0.4) is 0 Å². The van der Waals surface area contributed by atoms with Crippen LogP contribution in [0.5, 0.6) is 5.75 Å². The summed E-state index contributed by atoms with van der Waals surface area (Å²) in [5.74, 6) is 0.509. The number of rotatable bonds is 6. The minimum absolute atomic E-state index is 0.211. The Balaban J connectivity index is 1.49. The number of hydrogen-bond acceptors (Lipinski definition) is 4. The maximum atomic E-state index is 12.4. The van der Waals surface area contributed by atoms with Crippen molar-refractivity contribution in [1.29, 1.82) is 0 Å². The Morgan fingerprint density at radius 3 is 2.83 bits per heavy atom. The van der Waals surface area contributed by atoms with Crippen molar-refractivity contribution in [3.8, 4) is 5.75 Å². The highest BCUT2D eigenvalue weighted by molar-refractivity contribution is 9.10. The van der Waals surface area contributed by atoms with Crippen LogP contribution in [-0.2, 0) is 0 Å². The maximum absolute atomic E-state index is 12.4. The fourth-order valence-corrected chi connectivity index (χ4v) is 3.50. The van der Waals surface area contributed by atoms with Crippen molar-refractivity contribution in [3.63, 3.8) is 0 Å². The van der Waals surface area contributed by atoms with E-state index in [2.05, 4.69) is 33.0 Å². The van der Waals surface area contributed by atoms with E-state index in [1.165, 1.54) is 0 Å². The Hall–Kier alpha value is -3.38. The number of amides is 1. The first-order chi connectivity index (χ1) is 14.2. The third-order valence-corrected chi connectivity index (χ3v) is 4.96. The van der Waals surface area contributed by atoms with Crippen molar-refractivity contribution < 1.29 is 13.9 Å². The van der Waals surface area contributed by atoms with E-state index < -0.39 is 5.91 Å². The SMILES string of the molecule is C=CCOc1ccc(/C=N/NC(=O)c2cc3c(ccc4ccccc43)o2)cc1Br. The topological polar surface area (TPSA) is 63.8 Å². The van der Waals surface area contributed by atoms with E-state index in [9.17, 15) is 4.79 Å². The molecule has 3 aromatic carbocycles. The quantitative estimate of drug-likeness (QED) is 0.234. The minimum atomic E-state index is -0.411. The summed E-state index contributed by atoms with van der Waals surface area (Å²) in [5, 5.41) is 7.06. The van der Waals surface area contributed by atoms with E-state index >= 15 is 0 Å². The van der Waals surface area contributed by atoms with Crippen molar-refractivity contribution in [2.75, 3.05) is 6.61 Å². The van der Waals surface area contributed by atoms with Gasteiger partial charge in [-0.05, 0) is 62.6 Å². The normalized spacial score (nSPS) is 11.2. The van der Waals surface area contributed by atoms with Crippen LogP contribution in [0.1, 0.15) is 16.1 Å². The van der Waals surface area contributed by atoms with Gasteiger partial charge in [-0.3, -0.25) is 4.79 Å². The summed E-state index contributed by atoms with van der Waals surface area (Å²) in [4.78, 5) is 12.4. The van der Waals surface area contributed by atoms with Crippen molar-refractivity contribution in [2.24, 2.45) is 5.10 Å². The lowest BCUT2D eigenvalue weighted by molar-refractivity contribution is 0.0929. The summed E-state index contributed by atoms with van der Waals surface area (Å²) >= 11 is 3.45. The molecule has 0 radical (unpaired) electrons. The Morgan fingerprint density at radius 1 is 1.14 bits per heavy atom. The number of fused-ring (bicyclic) bond motifs is 3. The molecule has 5 nitrogen and oxygen atoms in total. The van der Waals surface area contributed by atoms with Crippen molar-refractivity contribution in [2.45, 2.75) is 0 Å². The number of hydrogen-bond donors (Lipinski definition) is 1. The highest BCUT2D eigenvalue weighted by Gasteiger charge is 2.13. The lowest BCUT2D eigenvalue weighted by Crippen LogP contribution is -2.16. The van der Waals surface area contributed by atoms with Gasteiger partial charge in [-0.15, -0.1) is 0 Å². The largest absolute Gasteiger partial charge is 0.488 e. The van der Waals surface area contributed by atoms with Crippen molar-refractivity contribution >= 4 is 49.8 Å². The van der Waals surface area contributed by atoms with Gasteiger partial charge in [0.25, 0.3) is 0 Å². The average Bonchev–Trinajstić information content (AvgIpc) is 3.18. The summed E-state index contributed by atoms with van der Waals surface area (Å²) in [5.41, 5.74) is 3.97. The van der Waals surface area contributed by atoms with Crippen LogP contribution < -0.4 is 10.2 Å². The number of nitrogens with one attached hydrogen (secondary N) is 1. The minimum Gasteiger partial charge on any atom is -0.488 e. The highest BCUT2D eigenvalue weighted by atomic mass is 79.9. The summed E-state index contributed by atoms with van der Waals surface area (Å²) in [6.07, 6.45) is 3.23. The molecule has 1 N–H and O–H groups in total. The first-order valence-corrected chi connectivity index (χ1v) is 9.73. The molecule has 0 bridgehead atoms. The van der Waals surface area contributed by atoms with E-state index in [4.69, 9.17) is 9.15 Å². The van der Waals surface area contributed by atoms with Crippen LogP contribution in [0.15, 0.2) is 87.3 Å². The second-order valence-electron chi connectivity index (χ2n) is 6.30. The van der Waals surface area contributed by atoms with Crippen LogP contribution in [0.2, 0.25) is 0 Å². The molecule has 0 unspecified atom stereocenters. The predicted octanol–water partition coefficient (Wildman–Crippen LogP) is 5.68. The van der Waals surface area contributed by atoms with Gasteiger partial charge in [-0.25, -0.2) is 5.43 Å². The third-order valence-electron chi connectivity index (χ3n) is 4.34. The van der Waals surface area contributed by atoms with Crippen LogP contribution in [0, 0.1) is 0 Å². The van der Waals surface area contributed by atoms with Crippen molar-refractivity contribution in [3.05, 3.63) is 89.1 Å². The predicted molar refractivity (Wildman–Crippen MR) is 119 cm³/mol. The fourth-order valence-electron chi connectivity index (χ4n) is 2.99. The number of furan rings is 1. The lowest BCUT2D eigenvalue weighted by Gasteiger charge is -2.06. The first-order valence-electron chi connectivity index (χ1n) is 8.93. The molecular weight excluding hydrogens is 432 g/mol. The zero-order valence-electron chi connectivity index (χ0n) is 15.4. The summed E-state index contributed by atoms with van der Waals surface area (Å²) in [7, 11) is 0. The maximum Gasteiger partial charge on any atom is 0.307 e. The lowest BCUT2D eigenvalue weighted by atomic mass is 10.1. The number of carbonyl (C=O) groups excluding carboxylic acids is 1. The third kappa shape index (κ3) is 4.07. The molecule has 1 amide bonds. The van der Waals surface area contributed by atoms with Crippen LogP contribution >= 0.6 is 15.9 Å². The van der Waals surface area contributed by atoms with Gasteiger partial charge in [0, 0.05) is 5.39 Å². The van der Waals surface area contributed by atoms with Crippen LogP contribution in [0.4, 0.5) is 0 Å². The summed E-state index contributed by atoms with van der Waals surface area (Å²) in [6.45, 7) is 4.05. The average molecular weight is 449 g/mol. The molecule has 144 valence electrons. The first kappa shape index (κ1) is 19.0. The molecule has 0 atom stereocenters. The zero-order valence-corrected chi connectivity index (χ0v) is 17.0. The molecule has 0 aliphatic heterocycles. The van der Waals surface area contributed by atoms with E-state index in [-0.39, 0.29) is 5.76 Å². The van der Waals surface area contributed by atoms with E-state index in [0.717, 1.165) is 26.2 Å². The number of halogens is 1. The molecule has 1 aromatic heterocycles. The van der Waals surface area contributed by atoms with Gasteiger partial charge < -0.3 is 9.15 Å². The molecule has 0 aliphatic rings. The molecule has 0 aliphatic carbocycles. The van der Waals surface area contributed by atoms with Gasteiger partial charge in [-0.1, -0.05) is 43.0 Å². The molecule has 4 aromatic rings. The van der Waals surface area contributed by atoms with Gasteiger partial charge in [0.1, 0.15) is 17.9 Å². The van der Waals surface area contributed by atoms with Crippen LogP contribution in [0.25, 0.3) is 21.7 Å². The Bertz CT molecular complexity index is 1240. The molecule has 1 heterocycles. The molecule has 29 heavy (non-hydrogen) atoms. The van der Waals surface area contributed by atoms with Crippen LogP contribution in [-0.4, -0.2) is 18.7 Å². The van der Waals surface area contributed by atoms with Gasteiger partial charge in [0.15, 0.2) is 5.76 Å². The van der Waals surface area contributed by atoms with Crippen molar-refractivity contribution in [1.82, 2.24) is 5.43 Å². The number of ether oxygens (including phenoxy) is 1. The molecule has 6 heteroatoms. The summed E-state index contributed by atoms with van der Waals surface area (Å²) in [6, 6.07) is 19.1. The second kappa shape index (κ2) is 8.32. The highest BCUT2D eigenvalue weighted by Crippen LogP contribution is 2.28. The molecule has 0 saturated heterocycles. The second-order valence-corrected chi connectivity index (χ2v) is 7.15. The van der Waals surface area contributed by atoms with Gasteiger partial charge in [0.2, 0.25) is 0 Å². The van der Waals surface area contributed by atoms with Gasteiger partial charge in [-0.2, -0.15) is 5.10 Å². The van der Waals surface area contributed by atoms with Gasteiger partial charge >= 0.3 is 5.91 Å². The number of hydrazone groups is 1. The monoisotopic (exact) mass is 448 g/mol. The number of nitrogens with zero attached hydrogens (tertiary/aromatic N) is 1. The Morgan fingerprint density at radius 2 is 2.00 bits per heavy atom.